The van der Waals surface area contributed by atoms with E-state index in [4.69, 9.17) is 21.1 Å². The minimum Gasteiger partial charge on any atom is -0.491 e. The smallest absolute Gasteiger partial charge is 0.248 e. The van der Waals surface area contributed by atoms with Crippen molar-refractivity contribution in [1.29, 1.82) is 0 Å². The second-order valence-electron chi connectivity index (χ2n) is 9.38. The zero-order valence-corrected chi connectivity index (χ0v) is 21.3. The number of carbonyl (C=O) groups excluding carboxylic acids is 1. The fourth-order valence-electron chi connectivity index (χ4n) is 4.19. The molecule has 1 aliphatic carbocycles. The first kappa shape index (κ1) is 25.4. The van der Waals surface area contributed by atoms with Crippen LogP contribution in [-0.4, -0.2) is 60.2 Å². The number of aromatic nitrogens is 2. The largest absolute Gasteiger partial charge is 0.491 e. The van der Waals surface area contributed by atoms with Crippen LogP contribution >= 0.6 is 11.6 Å². The Balaban J connectivity index is 1.36. The second-order valence-corrected chi connectivity index (χ2v) is 9.79. The summed E-state index contributed by atoms with van der Waals surface area (Å²) in [6.45, 7) is 2.97. The van der Waals surface area contributed by atoms with E-state index < -0.39 is 5.82 Å². The van der Waals surface area contributed by atoms with Crippen molar-refractivity contribution in [1.82, 2.24) is 14.9 Å². The van der Waals surface area contributed by atoms with Crippen molar-refractivity contribution in [2.45, 2.75) is 25.3 Å². The first-order valence-corrected chi connectivity index (χ1v) is 12.7. The van der Waals surface area contributed by atoms with E-state index in [0.29, 0.717) is 65.6 Å². The number of hydrogen-bond donors (Lipinski definition) is 2. The summed E-state index contributed by atoms with van der Waals surface area (Å²) in [5, 5.41) is 6.79. The molecule has 0 unspecified atom stereocenters. The summed E-state index contributed by atoms with van der Waals surface area (Å²) in [4.78, 5) is 23.8. The number of halogens is 2. The van der Waals surface area contributed by atoms with Gasteiger partial charge in [0.1, 0.15) is 23.7 Å². The standard InChI is InChI=1S/C27H29ClFN5O3/c1-36-15-19-8-10-34(19)9-2-3-26(35)33-24-12-20-23(13-25(24)37-14-17-4-5-17)30-16-31-27(20)32-18-6-7-22(29)21(28)11-18/h2-3,6-7,11-13,16-17,19H,4-5,8-10,14-15H2,1H3,(H,33,35)(H,30,31,32)/b3-2+/t19-/m1/s1. The minimum atomic E-state index is -0.501. The minimum absolute atomic E-state index is 0.00521. The highest BCUT2D eigenvalue weighted by Gasteiger charge is 2.26. The first-order chi connectivity index (χ1) is 18.0. The molecule has 2 N–H and O–H groups in total. The molecule has 0 radical (unpaired) electrons. The normalized spacial score (nSPS) is 17.6. The Morgan fingerprint density at radius 2 is 2.08 bits per heavy atom. The predicted octanol–water partition coefficient (Wildman–Crippen LogP) is 5.17. The molecule has 3 aromatic rings. The molecule has 1 aliphatic heterocycles. The molecule has 37 heavy (non-hydrogen) atoms. The van der Waals surface area contributed by atoms with Crippen molar-refractivity contribution in [2.24, 2.45) is 5.92 Å². The molecule has 0 spiro atoms. The molecule has 8 nitrogen and oxygen atoms in total. The number of nitrogens with zero attached hydrogens (tertiary/aromatic N) is 3. The number of carbonyl (C=O) groups is 1. The van der Waals surface area contributed by atoms with Crippen molar-refractivity contribution in [3.63, 3.8) is 0 Å². The van der Waals surface area contributed by atoms with Crippen LogP contribution in [0.1, 0.15) is 19.3 Å². The van der Waals surface area contributed by atoms with Crippen LogP contribution in [0.5, 0.6) is 5.75 Å². The van der Waals surface area contributed by atoms with Crippen LogP contribution in [0.4, 0.5) is 21.6 Å². The number of fused-ring (bicyclic) bond motifs is 1. The molecule has 1 saturated carbocycles. The zero-order valence-electron chi connectivity index (χ0n) is 20.5. The third-order valence-electron chi connectivity index (χ3n) is 6.58. The van der Waals surface area contributed by atoms with Crippen molar-refractivity contribution in [3.8, 4) is 5.75 Å². The van der Waals surface area contributed by atoms with Gasteiger partial charge in [-0.05, 0) is 49.4 Å². The highest BCUT2D eigenvalue weighted by molar-refractivity contribution is 6.31. The number of amides is 1. The Bertz CT molecular complexity index is 1320. The van der Waals surface area contributed by atoms with Crippen LogP contribution in [0.25, 0.3) is 10.9 Å². The van der Waals surface area contributed by atoms with Gasteiger partial charge in [-0.2, -0.15) is 0 Å². The molecular formula is C27H29ClFN5O3. The number of methoxy groups -OCH3 is 1. The lowest BCUT2D eigenvalue weighted by Gasteiger charge is -2.39. The van der Waals surface area contributed by atoms with Gasteiger partial charge in [0.05, 0.1) is 29.4 Å². The van der Waals surface area contributed by atoms with Gasteiger partial charge in [0.25, 0.3) is 0 Å². The molecule has 1 atom stereocenters. The van der Waals surface area contributed by atoms with Crippen LogP contribution < -0.4 is 15.4 Å². The number of ether oxygens (including phenoxy) is 2. The van der Waals surface area contributed by atoms with E-state index in [1.807, 2.05) is 6.08 Å². The van der Waals surface area contributed by atoms with Crippen molar-refractivity contribution in [2.75, 3.05) is 44.0 Å². The molecule has 5 rings (SSSR count). The molecule has 2 heterocycles. The van der Waals surface area contributed by atoms with E-state index in [0.717, 1.165) is 25.8 Å². The molecule has 1 saturated heterocycles. The number of benzene rings is 2. The van der Waals surface area contributed by atoms with E-state index in [1.54, 1.807) is 25.3 Å². The van der Waals surface area contributed by atoms with Crippen molar-refractivity contribution >= 4 is 45.6 Å². The number of hydrogen-bond acceptors (Lipinski definition) is 7. The Morgan fingerprint density at radius 1 is 1.22 bits per heavy atom. The van der Waals surface area contributed by atoms with E-state index in [-0.39, 0.29) is 10.9 Å². The quantitative estimate of drug-likeness (QED) is 0.334. The highest BCUT2D eigenvalue weighted by Crippen LogP contribution is 2.36. The van der Waals surface area contributed by atoms with Crippen LogP contribution in [0.2, 0.25) is 5.02 Å². The Kier molecular flexibility index (Phi) is 7.83. The zero-order chi connectivity index (χ0) is 25.8. The van der Waals surface area contributed by atoms with Gasteiger partial charge in [-0.1, -0.05) is 17.7 Å². The lowest BCUT2D eigenvalue weighted by atomic mass is 10.0. The lowest BCUT2D eigenvalue weighted by molar-refractivity contribution is -0.111. The maximum absolute atomic E-state index is 13.6. The summed E-state index contributed by atoms with van der Waals surface area (Å²) >= 11 is 5.94. The molecule has 2 aromatic carbocycles. The molecule has 2 aliphatic rings. The first-order valence-electron chi connectivity index (χ1n) is 12.3. The average Bonchev–Trinajstić information content (AvgIpc) is 3.70. The van der Waals surface area contributed by atoms with Gasteiger partial charge < -0.3 is 20.1 Å². The van der Waals surface area contributed by atoms with Gasteiger partial charge >= 0.3 is 0 Å². The summed E-state index contributed by atoms with van der Waals surface area (Å²) in [7, 11) is 1.70. The maximum Gasteiger partial charge on any atom is 0.248 e. The maximum atomic E-state index is 13.6. The van der Waals surface area contributed by atoms with Crippen LogP contribution in [-0.2, 0) is 9.53 Å². The highest BCUT2D eigenvalue weighted by atomic mass is 35.5. The third-order valence-corrected chi connectivity index (χ3v) is 6.87. The summed E-state index contributed by atoms with van der Waals surface area (Å²) in [6, 6.07) is 8.35. The van der Waals surface area contributed by atoms with Crippen LogP contribution in [0.15, 0.2) is 48.8 Å². The molecule has 0 bridgehead atoms. The SMILES string of the molecule is COC[C@H]1CCN1C/C=C/C(=O)Nc1cc2c(Nc3ccc(F)c(Cl)c3)ncnc2cc1OCC1CC1. The molecule has 10 heteroatoms. The van der Waals surface area contributed by atoms with Gasteiger partial charge in [0.15, 0.2) is 0 Å². The van der Waals surface area contributed by atoms with Gasteiger partial charge in [0, 0.05) is 49.5 Å². The number of likely N-dealkylation sites (tertiary alicyclic amines) is 1. The number of rotatable bonds is 11. The van der Waals surface area contributed by atoms with Crippen LogP contribution in [0, 0.1) is 11.7 Å². The monoisotopic (exact) mass is 525 g/mol. The van der Waals surface area contributed by atoms with Crippen molar-refractivity contribution < 1.29 is 18.7 Å². The summed E-state index contributed by atoms with van der Waals surface area (Å²) in [5.74, 6) is 0.837. The van der Waals surface area contributed by atoms with Gasteiger partial charge in [-0.25, -0.2) is 14.4 Å². The average molecular weight is 526 g/mol. The second kappa shape index (κ2) is 11.4. The van der Waals surface area contributed by atoms with E-state index >= 15 is 0 Å². The Labute approximate surface area is 219 Å². The number of nitrogens with one attached hydrogen (secondary N) is 2. The summed E-state index contributed by atoms with van der Waals surface area (Å²) in [5.41, 5.74) is 1.75. The molecule has 1 amide bonds. The third kappa shape index (κ3) is 6.36. The summed E-state index contributed by atoms with van der Waals surface area (Å²) in [6.07, 6.45) is 8.24. The fraction of sp³-hybridized carbons (Fsp3) is 0.370. The molecular weight excluding hydrogens is 497 g/mol. The molecule has 1 aromatic heterocycles. The van der Waals surface area contributed by atoms with Gasteiger partial charge in [-0.3, -0.25) is 9.69 Å². The molecule has 2 fully saturated rings. The Hall–Kier alpha value is -3.27. The van der Waals surface area contributed by atoms with Gasteiger partial charge in [-0.15, -0.1) is 0 Å². The topological polar surface area (TPSA) is 88.6 Å². The van der Waals surface area contributed by atoms with E-state index in [9.17, 15) is 9.18 Å². The lowest BCUT2D eigenvalue weighted by Crippen LogP contribution is -2.50. The Morgan fingerprint density at radius 3 is 2.81 bits per heavy atom. The van der Waals surface area contributed by atoms with E-state index in [2.05, 4.69) is 25.5 Å². The summed E-state index contributed by atoms with van der Waals surface area (Å²) < 4.78 is 24.9. The fourth-order valence-corrected chi connectivity index (χ4v) is 4.37. The van der Waals surface area contributed by atoms with Crippen molar-refractivity contribution in [3.05, 3.63) is 59.7 Å². The number of anilines is 3. The van der Waals surface area contributed by atoms with E-state index in [1.165, 1.54) is 24.5 Å². The van der Waals surface area contributed by atoms with Crippen LogP contribution in [0.3, 0.4) is 0 Å². The molecule has 194 valence electrons. The van der Waals surface area contributed by atoms with Gasteiger partial charge in [0.2, 0.25) is 5.91 Å². The predicted molar refractivity (Wildman–Crippen MR) is 142 cm³/mol.